The predicted molar refractivity (Wildman–Crippen MR) is 73.1 cm³/mol. The molecule has 0 saturated heterocycles. The van der Waals surface area contributed by atoms with E-state index in [0.717, 1.165) is 35.5 Å². The molecule has 1 amide bonds. The maximum atomic E-state index is 11.4. The van der Waals surface area contributed by atoms with Crippen molar-refractivity contribution < 1.29 is 4.79 Å². The highest BCUT2D eigenvalue weighted by atomic mass is 32.2. The van der Waals surface area contributed by atoms with Gasteiger partial charge < -0.3 is 5.32 Å². The number of carbonyl (C=O) groups is 1. The molecule has 0 spiro atoms. The highest BCUT2D eigenvalue weighted by molar-refractivity contribution is 7.98. The Morgan fingerprint density at radius 2 is 2.22 bits per heavy atom. The van der Waals surface area contributed by atoms with Gasteiger partial charge in [-0.25, -0.2) is 0 Å². The summed E-state index contributed by atoms with van der Waals surface area (Å²) in [6.07, 6.45) is 2.10. The normalized spacial score (nSPS) is 13.9. The minimum atomic E-state index is 0.202. The Kier molecular flexibility index (Phi) is 4.66. The van der Waals surface area contributed by atoms with Gasteiger partial charge in [-0.05, 0) is 24.5 Å². The molecule has 0 atom stereocenters. The Hall–Kier alpha value is -1.47. The molecule has 0 aliphatic heterocycles. The number of nitrogens with one attached hydrogen (secondary N) is 1. The molecule has 1 aliphatic carbocycles. The molecule has 1 fully saturated rings. The molecule has 0 bridgehead atoms. The molecular weight excluding hydrogens is 244 g/mol. The molecule has 1 saturated carbocycles. The van der Waals surface area contributed by atoms with Crippen LogP contribution < -0.4 is 5.32 Å². The van der Waals surface area contributed by atoms with Crippen molar-refractivity contribution in [2.45, 2.75) is 18.6 Å². The van der Waals surface area contributed by atoms with Crippen LogP contribution in [0.4, 0.5) is 0 Å². The highest BCUT2D eigenvalue weighted by Gasteiger charge is 2.28. The monoisotopic (exact) mass is 260 g/mol. The largest absolute Gasteiger partial charge is 0.355 e. The predicted octanol–water partition coefficient (Wildman–Crippen LogP) is 2.32. The number of benzene rings is 1. The van der Waals surface area contributed by atoms with E-state index in [9.17, 15) is 4.79 Å². The minimum Gasteiger partial charge on any atom is -0.355 e. The van der Waals surface area contributed by atoms with Crippen LogP contribution in [0.2, 0.25) is 0 Å². The Morgan fingerprint density at radius 3 is 2.94 bits per heavy atom. The third kappa shape index (κ3) is 3.78. The van der Waals surface area contributed by atoms with Crippen molar-refractivity contribution in [2.75, 3.05) is 12.3 Å². The van der Waals surface area contributed by atoms with Crippen LogP contribution in [-0.4, -0.2) is 18.2 Å². The van der Waals surface area contributed by atoms with Gasteiger partial charge in [-0.3, -0.25) is 4.79 Å². The van der Waals surface area contributed by atoms with Crippen LogP contribution in [0.15, 0.2) is 24.3 Å². The number of nitrogens with zero attached hydrogens (tertiary/aromatic N) is 1. The summed E-state index contributed by atoms with van der Waals surface area (Å²) in [5.74, 6) is 2.20. The molecule has 1 aromatic carbocycles. The van der Waals surface area contributed by atoms with Crippen molar-refractivity contribution in [1.82, 2.24) is 5.32 Å². The van der Waals surface area contributed by atoms with Crippen LogP contribution in [0.3, 0.4) is 0 Å². The molecule has 18 heavy (non-hydrogen) atoms. The second kappa shape index (κ2) is 6.46. The van der Waals surface area contributed by atoms with E-state index in [4.69, 9.17) is 5.26 Å². The van der Waals surface area contributed by atoms with Gasteiger partial charge in [0.1, 0.15) is 0 Å². The molecule has 2 rings (SSSR count). The van der Waals surface area contributed by atoms with Crippen molar-refractivity contribution >= 4 is 17.7 Å². The van der Waals surface area contributed by atoms with Gasteiger partial charge >= 0.3 is 0 Å². The average molecular weight is 260 g/mol. The first kappa shape index (κ1) is 13.0. The van der Waals surface area contributed by atoms with Crippen molar-refractivity contribution in [1.29, 1.82) is 5.26 Å². The molecule has 3 nitrogen and oxygen atoms in total. The van der Waals surface area contributed by atoms with E-state index >= 15 is 0 Å². The fourth-order valence-corrected chi connectivity index (χ4v) is 2.54. The third-order valence-corrected chi connectivity index (χ3v) is 3.90. The zero-order valence-electron chi connectivity index (χ0n) is 10.2. The summed E-state index contributed by atoms with van der Waals surface area (Å²) in [5, 5.41) is 11.9. The lowest BCUT2D eigenvalue weighted by Gasteiger charge is -2.05. The van der Waals surface area contributed by atoms with E-state index in [1.54, 1.807) is 11.8 Å². The lowest BCUT2D eigenvalue weighted by atomic mass is 10.1. The SMILES string of the molecule is N#Cc1ccccc1CSCCNC(=O)C1CC1. The first-order valence-electron chi connectivity index (χ1n) is 6.14. The molecule has 4 heteroatoms. The first-order valence-corrected chi connectivity index (χ1v) is 7.30. The van der Waals surface area contributed by atoms with E-state index < -0.39 is 0 Å². The number of amides is 1. The summed E-state index contributed by atoms with van der Waals surface area (Å²) in [6.45, 7) is 0.717. The fraction of sp³-hybridized carbons (Fsp3) is 0.429. The summed E-state index contributed by atoms with van der Waals surface area (Å²) < 4.78 is 0. The Bertz CT molecular complexity index is 463. The number of nitriles is 1. The smallest absolute Gasteiger partial charge is 0.223 e. The van der Waals surface area contributed by atoms with E-state index in [1.807, 2.05) is 24.3 Å². The molecule has 0 heterocycles. The minimum absolute atomic E-state index is 0.202. The molecule has 1 aliphatic rings. The van der Waals surface area contributed by atoms with Gasteiger partial charge in [0.05, 0.1) is 11.6 Å². The summed E-state index contributed by atoms with van der Waals surface area (Å²) in [4.78, 5) is 11.4. The summed E-state index contributed by atoms with van der Waals surface area (Å²) >= 11 is 1.74. The topological polar surface area (TPSA) is 52.9 Å². The van der Waals surface area contributed by atoms with Crippen molar-refractivity contribution in [3.8, 4) is 6.07 Å². The van der Waals surface area contributed by atoms with Gasteiger partial charge in [-0.1, -0.05) is 18.2 Å². The Morgan fingerprint density at radius 1 is 1.44 bits per heavy atom. The van der Waals surface area contributed by atoms with Crippen LogP contribution in [0.25, 0.3) is 0 Å². The van der Waals surface area contributed by atoms with Crippen LogP contribution in [0.1, 0.15) is 24.0 Å². The van der Waals surface area contributed by atoms with Gasteiger partial charge in [-0.15, -0.1) is 0 Å². The van der Waals surface area contributed by atoms with Gasteiger partial charge in [0.15, 0.2) is 0 Å². The third-order valence-electron chi connectivity index (χ3n) is 2.89. The van der Waals surface area contributed by atoms with Crippen molar-refractivity contribution in [2.24, 2.45) is 5.92 Å². The van der Waals surface area contributed by atoms with Crippen LogP contribution >= 0.6 is 11.8 Å². The highest BCUT2D eigenvalue weighted by Crippen LogP contribution is 2.28. The second-order valence-corrected chi connectivity index (χ2v) is 5.49. The van der Waals surface area contributed by atoms with Crippen LogP contribution in [0, 0.1) is 17.2 Å². The summed E-state index contributed by atoms with van der Waals surface area (Å²) in [6, 6.07) is 9.84. The van der Waals surface area contributed by atoms with Gasteiger partial charge in [0.2, 0.25) is 5.91 Å². The number of carbonyl (C=O) groups excluding carboxylic acids is 1. The quantitative estimate of drug-likeness (QED) is 0.799. The molecular formula is C14H16N2OS. The molecule has 94 valence electrons. The van der Waals surface area contributed by atoms with Gasteiger partial charge in [-0.2, -0.15) is 17.0 Å². The second-order valence-electron chi connectivity index (χ2n) is 4.39. The first-order chi connectivity index (χ1) is 8.81. The van der Waals surface area contributed by atoms with E-state index in [0.29, 0.717) is 6.54 Å². The molecule has 1 N–H and O–H groups in total. The van der Waals surface area contributed by atoms with Crippen LogP contribution in [0.5, 0.6) is 0 Å². The molecule has 0 aromatic heterocycles. The Labute approximate surface area is 112 Å². The average Bonchev–Trinajstić information content (AvgIpc) is 3.23. The maximum absolute atomic E-state index is 11.4. The van der Waals surface area contributed by atoms with Crippen molar-refractivity contribution in [3.63, 3.8) is 0 Å². The van der Waals surface area contributed by atoms with Gasteiger partial charge in [0, 0.05) is 24.0 Å². The molecule has 1 aromatic rings. The summed E-state index contributed by atoms with van der Waals surface area (Å²) in [5.41, 5.74) is 1.81. The number of hydrogen-bond donors (Lipinski definition) is 1. The number of rotatable bonds is 6. The zero-order chi connectivity index (χ0) is 12.8. The Balaban J connectivity index is 1.65. The lowest BCUT2D eigenvalue weighted by molar-refractivity contribution is -0.122. The lowest BCUT2D eigenvalue weighted by Crippen LogP contribution is -2.26. The molecule has 0 unspecified atom stereocenters. The van der Waals surface area contributed by atoms with E-state index in [2.05, 4.69) is 11.4 Å². The van der Waals surface area contributed by atoms with Crippen LogP contribution in [-0.2, 0) is 10.5 Å². The summed E-state index contributed by atoms with van der Waals surface area (Å²) in [7, 11) is 0. The van der Waals surface area contributed by atoms with E-state index in [1.165, 1.54) is 0 Å². The zero-order valence-corrected chi connectivity index (χ0v) is 11.0. The molecule has 0 radical (unpaired) electrons. The number of thioether (sulfide) groups is 1. The van der Waals surface area contributed by atoms with Gasteiger partial charge in [0.25, 0.3) is 0 Å². The fourth-order valence-electron chi connectivity index (χ4n) is 1.67. The van der Waals surface area contributed by atoms with E-state index in [-0.39, 0.29) is 11.8 Å². The van der Waals surface area contributed by atoms with Crippen molar-refractivity contribution in [3.05, 3.63) is 35.4 Å². The maximum Gasteiger partial charge on any atom is 0.223 e. The standard InChI is InChI=1S/C14H16N2OS/c15-9-12-3-1-2-4-13(12)10-18-8-7-16-14(17)11-5-6-11/h1-4,11H,5-8,10H2,(H,16,17). The number of hydrogen-bond acceptors (Lipinski definition) is 3.